The van der Waals surface area contributed by atoms with E-state index in [0.717, 1.165) is 30.2 Å². The quantitative estimate of drug-likeness (QED) is 0.891. The van der Waals surface area contributed by atoms with Crippen molar-refractivity contribution >= 4 is 0 Å². The molecule has 0 amide bonds. The van der Waals surface area contributed by atoms with Crippen LogP contribution >= 0.6 is 0 Å². The Kier molecular flexibility index (Phi) is 4.72. The highest BCUT2D eigenvalue weighted by molar-refractivity contribution is 5.13. The predicted octanol–water partition coefficient (Wildman–Crippen LogP) is 2.92. The maximum Gasteiger partial charge on any atom is 0.0951 e. The zero-order valence-electron chi connectivity index (χ0n) is 11.4. The first kappa shape index (κ1) is 13.5. The van der Waals surface area contributed by atoms with Crippen LogP contribution in [-0.4, -0.2) is 17.6 Å². The van der Waals surface area contributed by atoms with E-state index < -0.39 is 0 Å². The van der Waals surface area contributed by atoms with Crippen LogP contribution in [0, 0.1) is 11.8 Å². The lowest BCUT2D eigenvalue weighted by Gasteiger charge is -2.33. The molecule has 0 spiro atoms. The molecule has 0 aromatic carbocycles. The molecular weight excluding hydrogens is 224 g/mol. The van der Waals surface area contributed by atoms with Crippen molar-refractivity contribution in [2.45, 2.75) is 45.3 Å². The van der Waals surface area contributed by atoms with E-state index >= 15 is 0 Å². The van der Waals surface area contributed by atoms with Crippen molar-refractivity contribution in [3.63, 3.8) is 0 Å². The summed E-state index contributed by atoms with van der Waals surface area (Å²) in [4.78, 5) is 4.04. The lowest BCUT2D eigenvalue weighted by atomic mass is 9.81. The lowest BCUT2D eigenvalue weighted by Crippen LogP contribution is -2.30. The zero-order chi connectivity index (χ0) is 13.0. The average molecular weight is 248 g/mol. The fourth-order valence-electron chi connectivity index (χ4n) is 3.06. The Morgan fingerprint density at radius 1 is 1.22 bits per heavy atom. The minimum absolute atomic E-state index is 0.00972. The van der Waals surface area contributed by atoms with Gasteiger partial charge < -0.3 is 10.5 Å². The minimum atomic E-state index is 0.00972. The third-order valence-electron chi connectivity index (χ3n) is 3.78. The van der Waals surface area contributed by atoms with Crippen LogP contribution in [0.4, 0.5) is 0 Å². The first-order valence-electron chi connectivity index (χ1n) is 6.94. The summed E-state index contributed by atoms with van der Waals surface area (Å²) in [6.07, 6.45) is 7.60. The molecule has 3 unspecified atom stereocenters. The molecule has 0 aliphatic heterocycles. The smallest absolute Gasteiger partial charge is 0.0951 e. The number of nitrogens with zero attached hydrogens (tertiary/aromatic N) is 1. The maximum atomic E-state index is 6.21. The molecule has 1 saturated carbocycles. The summed E-state index contributed by atoms with van der Waals surface area (Å²) in [5.41, 5.74) is 6.98. The Morgan fingerprint density at radius 2 is 1.83 bits per heavy atom. The van der Waals surface area contributed by atoms with Crippen LogP contribution in [0.3, 0.4) is 0 Å². The molecule has 3 heteroatoms. The molecule has 1 fully saturated rings. The van der Waals surface area contributed by atoms with Gasteiger partial charge in [0.1, 0.15) is 0 Å². The topological polar surface area (TPSA) is 48.1 Å². The Hall–Kier alpha value is -0.930. The SMILES string of the molecule is CC1CC(C)CC(OC(CN)c2ccncc2)C1. The molecule has 1 aromatic rings. The highest BCUT2D eigenvalue weighted by atomic mass is 16.5. The number of pyridine rings is 1. The summed E-state index contributed by atoms with van der Waals surface area (Å²) >= 11 is 0. The average Bonchev–Trinajstić information content (AvgIpc) is 2.36. The van der Waals surface area contributed by atoms with Crippen LogP contribution in [0.2, 0.25) is 0 Å². The molecule has 0 saturated heterocycles. The van der Waals surface area contributed by atoms with E-state index in [0.29, 0.717) is 12.6 Å². The number of ether oxygens (including phenoxy) is 1. The lowest BCUT2D eigenvalue weighted by molar-refractivity contribution is -0.0466. The van der Waals surface area contributed by atoms with Gasteiger partial charge in [-0.25, -0.2) is 0 Å². The normalized spacial score (nSPS) is 30.1. The number of hydrogen-bond acceptors (Lipinski definition) is 3. The van der Waals surface area contributed by atoms with E-state index in [2.05, 4.69) is 18.8 Å². The van der Waals surface area contributed by atoms with Crippen LogP contribution in [0.1, 0.15) is 44.8 Å². The third-order valence-corrected chi connectivity index (χ3v) is 3.78. The fourth-order valence-corrected chi connectivity index (χ4v) is 3.06. The third kappa shape index (κ3) is 3.53. The molecule has 1 aliphatic carbocycles. The van der Waals surface area contributed by atoms with Gasteiger partial charge in [0.2, 0.25) is 0 Å². The summed E-state index contributed by atoms with van der Waals surface area (Å²) in [5, 5.41) is 0. The van der Waals surface area contributed by atoms with Gasteiger partial charge >= 0.3 is 0 Å². The molecule has 2 N–H and O–H groups in total. The summed E-state index contributed by atoms with van der Waals surface area (Å²) < 4.78 is 6.21. The second-order valence-electron chi connectivity index (χ2n) is 5.68. The second kappa shape index (κ2) is 6.30. The van der Waals surface area contributed by atoms with E-state index in [1.165, 1.54) is 6.42 Å². The molecule has 1 aliphatic rings. The number of nitrogens with two attached hydrogens (primary N) is 1. The van der Waals surface area contributed by atoms with Gasteiger partial charge in [-0.15, -0.1) is 0 Å². The summed E-state index contributed by atoms with van der Waals surface area (Å²) in [5.74, 6) is 1.52. The van der Waals surface area contributed by atoms with E-state index in [1.807, 2.05) is 12.1 Å². The molecule has 1 aromatic heterocycles. The Balaban J connectivity index is 1.98. The second-order valence-corrected chi connectivity index (χ2v) is 5.68. The monoisotopic (exact) mass is 248 g/mol. The van der Waals surface area contributed by atoms with Crippen molar-refractivity contribution in [2.75, 3.05) is 6.54 Å². The van der Waals surface area contributed by atoms with Crippen molar-refractivity contribution in [2.24, 2.45) is 17.6 Å². The summed E-state index contributed by atoms with van der Waals surface area (Å²) in [7, 11) is 0. The van der Waals surface area contributed by atoms with Crippen LogP contribution < -0.4 is 5.73 Å². The van der Waals surface area contributed by atoms with Gasteiger partial charge in [-0.05, 0) is 48.8 Å². The molecule has 1 heterocycles. The first-order chi connectivity index (χ1) is 8.69. The standard InChI is InChI=1S/C15H24N2O/c1-11-7-12(2)9-14(8-11)18-15(10-16)13-3-5-17-6-4-13/h3-6,11-12,14-15H,7-10,16H2,1-2H3. The van der Waals surface area contributed by atoms with Crippen molar-refractivity contribution < 1.29 is 4.74 Å². The first-order valence-corrected chi connectivity index (χ1v) is 6.94. The molecule has 2 rings (SSSR count). The zero-order valence-corrected chi connectivity index (χ0v) is 11.4. The molecule has 0 radical (unpaired) electrons. The van der Waals surface area contributed by atoms with Crippen LogP contribution in [0.5, 0.6) is 0 Å². The Labute approximate surface area is 110 Å². The fraction of sp³-hybridized carbons (Fsp3) is 0.667. The Morgan fingerprint density at radius 3 is 2.39 bits per heavy atom. The van der Waals surface area contributed by atoms with Gasteiger partial charge in [0.05, 0.1) is 12.2 Å². The molecule has 0 bridgehead atoms. The highest BCUT2D eigenvalue weighted by Crippen LogP contribution is 2.32. The predicted molar refractivity (Wildman–Crippen MR) is 73.1 cm³/mol. The van der Waals surface area contributed by atoms with E-state index in [9.17, 15) is 0 Å². The summed E-state index contributed by atoms with van der Waals surface area (Å²) in [6, 6.07) is 3.99. The maximum absolute atomic E-state index is 6.21. The van der Waals surface area contributed by atoms with Crippen molar-refractivity contribution in [3.05, 3.63) is 30.1 Å². The number of hydrogen-bond donors (Lipinski definition) is 1. The molecule has 3 nitrogen and oxygen atoms in total. The van der Waals surface area contributed by atoms with Crippen molar-refractivity contribution in [3.8, 4) is 0 Å². The number of rotatable bonds is 4. The van der Waals surface area contributed by atoms with Gasteiger partial charge in [-0.2, -0.15) is 0 Å². The van der Waals surface area contributed by atoms with E-state index in [1.54, 1.807) is 12.4 Å². The largest absolute Gasteiger partial charge is 0.369 e. The van der Waals surface area contributed by atoms with E-state index in [4.69, 9.17) is 10.5 Å². The van der Waals surface area contributed by atoms with Crippen LogP contribution in [-0.2, 0) is 4.74 Å². The molecule has 3 atom stereocenters. The van der Waals surface area contributed by atoms with Crippen molar-refractivity contribution in [1.82, 2.24) is 4.98 Å². The van der Waals surface area contributed by atoms with Gasteiger partial charge in [-0.3, -0.25) is 4.98 Å². The molecule has 100 valence electrons. The van der Waals surface area contributed by atoms with Gasteiger partial charge in [0.25, 0.3) is 0 Å². The van der Waals surface area contributed by atoms with E-state index in [-0.39, 0.29) is 6.10 Å². The van der Waals surface area contributed by atoms with Gasteiger partial charge in [-0.1, -0.05) is 13.8 Å². The Bertz CT molecular complexity index is 345. The summed E-state index contributed by atoms with van der Waals surface area (Å²) in [6.45, 7) is 5.16. The molecular formula is C15H24N2O. The number of aromatic nitrogens is 1. The highest BCUT2D eigenvalue weighted by Gasteiger charge is 2.26. The van der Waals surface area contributed by atoms with Crippen molar-refractivity contribution in [1.29, 1.82) is 0 Å². The van der Waals surface area contributed by atoms with Gasteiger partial charge in [0.15, 0.2) is 0 Å². The minimum Gasteiger partial charge on any atom is -0.369 e. The van der Waals surface area contributed by atoms with Crippen LogP contribution in [0.15, 0.2) is 24.5 Å². The van der Waals surface area contributed by atoms with Crippen LogP contribution in [0.25, 0.3) is 0 Å². The molecule has 18 heavy (non-hydrogen) atoms. The van der Waals surface area contributed by atoms with Gasteiger partial charge in [0, 0.05) is 18.9 Å².